The number of ether oxygens (including phenoxy) is 1. The van der Waals surface area contributed by atoms with E-state index in [1.54, 1.807) is 11.3 Å². The van der Waals surface area contributed by atoms with Gasteiger partial charge in [0.2, 0.25) is 5.91 Å². The molecule has 3 rings (SSSR count). The second kappa shape index (κ2) is 3.96. The van der Waals surface area contributed by atoms with Crippen molar-refractivity contribution in [3.8, 4) is 5.75 Å². The average Bonchev–Trinajstić information content (AvgIpc) is 2.89. The van der Waals surface area contributed by atoms with Gasteiger partial charge in [-0.15, -0.1) is 11.3 Å². The zero-order valence-corrected chi connectivity index (χ0v) is 11.4. The predicted molar refractivity (Wildman–Crippen MR) is 68.7 cm³/mol. The molecule has 98 valence electrons. The maximum Gasteiger partial charge on any atom is 0.223 e. The summed E-state index contributed by atoms with van der Waals surface area (Å²) in [6.45, 7) is 4.46. The number of rotatable bonds is 1. The Morgan fingerprint density at radius 1 is 1.56 bits per heavy atom. The van der Waals surface area contributed by atoms with Crippen LogP contribution < -0.4 is 4.74 Å². The minimum atomic E-state index is -0.689. The summed E-state index contributed by atoms with van der Waals surface area (Å²) in [7, 11) is 0. The summed E-state index contributed by atoms with van der Waals surface area (Å²) in [5.41, 5.74) is -0.665. The Morgan fingerprint density at radius 2 is 2.33 bits per heavy atom. The highest BCUT2D eigenvalue weighted by molar-refractivity contribution is 7.10. The number of carbonyl (C=O) groups is 1. The van der Waals surface area contributed by atoms with Gasteiger partial charge < -0.3 is 14.7 Å². The van der Waals surface area contributed by atoms with E-state index in [1.807, 2.05) is 30.2 Å². The van der Waals surface area contributed by atoms with E-state index in [9.17, 15) is 9.90 Å². The Morgan fingerprint density at radius 3 is 3.00 bits per heavy atom. The fourth-order valence-electron chi connectivity index (χ4n) is 2.75. The quantitative estimate of drug-likeness (QED) is 0.846. The fourth-order valence-corrected chi connectivity index (χ4v) is 3.71. The Hall–Kier alpha value is -1.07. The van der Waals surface area contributed by atoms with Gasteiger partial charge in [-0.1, -0.05) is 0 Å². The summed E-state index contributed by atoms with van der Waals surface area (Å²) in [5, 5.41) is 12.5. The van der Waals surface area contributed by atoms with E-state index in [4.69, 9.17) is 4.74 Å². The molecule has 0 spiro atoms. The van der Waals surface area contributed by atoms with Crippen molar-refractivity contribution in [2.75, 3.05) is 6.54 Å². The Labute approximate surface area is 110 Å². The average molecular weight is 267 g/mol. The van der Waals surface area contributed by atoms with Crippen LogP contribution in [0.1, 0.15) is 37.6 Å². The lowest BCUT2D eigenvalue weighted by Crippen LogP contribution is -2.53. The second-order valence-electron chi connectivity index (χ2n) is 5.43. The van der Waals surface area contributed by atoms with Gasteiger partial charge in [0.1, 0.15) is 17.5 Å². The van der Waals surface area contributed by atoms with E-state index in [0.29, 0.717) is 6.42 Å². The van der Waals surface area contributed by atoms with Crippen LogP contribution >= 0.6 is 11.3 Å². The molecule has 18 heavy (non-hydrogen) atoms. The molecule has 2 aliphatic rings. The van der Waals surface area contributed by atoms with Gasteiger partial charge in [-0.3, -0.25) is 4.79 Å². The molecule has 2 atom stereocenters. The van der Waals surface area contributed by atoms with Gasteiger partial charge in [-0.05, 0) is 31.7 Å². The molecule has 1 aromatic heterocycles. The van der Waals surface area contributed by atoms with Gasteiger partial charge in [0.25, 0.3) is 0 Å². The van der Waals surface area contributed by atoms with Crippen molar-refractivity contribution >= 4 is 17.2 Å². The van der Waals surface area contributed by atoms with Crippen LogP contribution in [0.4, 0.5) is 0 Å². The number of hydrogen-bond donors (Lipinski definition) is 1. The van der Waals surface area contributed by atoms with Crippen LogP contribution in [0.5, 0.6) is 5.75 Å². The highest BCUT2D eigenvalue weighted by Gasteiger charge is 2.48. The molecular weight excluding hydrogens is 250 g/mol. The molecule has 0 unspecified atom stereocenters. The summed E-state index contributed by atoms with van der Waals surface area (Å²) in [6, 6.07) is 1.67. The molecule has 0 saturated carbocycles. The zero-order valence-electron chi connectivity index (χ0n) is 10.5. The smallest absolute Gasteiger partial charge is 0.223 e. The van der Waals surface area contributed by atoms with Crippen molar-refractivity contribution in [1.29, 1.82) is 0 Å². The highest BCUT2D eigenvalue weighted by atomic mass is 32.1. The number of amides is 1. The molecule has 3 heterocycles. The van der Waals surface area contributed by atoms with Crippen molar-refractivity contribution in [3.05, 3.63) is 16.3 Å². The number of thiophene rings is 1. The van der Waals surface area contributed by atoms with Gasteiger partial charge >= 0.3 is 0 Å². The first-order valence-electron chi connectivity index (χ1n) is 6.24. The van der Waals surface area contributed by atoms with Gasteiger partial charge in [-0.2, -0.15) is 0 Å². The normalized spacial score (nSPS) is 30.2. The molecule has 1 saturated heterocycles. The van der Waals surface area contributed by atoms with Crippen molar-refractivity contribution in [2.24, 2.45) is 0 Å². The molecular formula is C13H17NO3S. The van der Waals surface area contributed by atoms with E-state index < -0.39 is 11.7 Å². The van der Waals surface area contributed by atoms with E-state index in [2.05, 4.69) is 0 Å². The molecule has 0 radical (unpaired) electrons. The van der Waals surface area contributed by atoms with Gasteiger partial charge in [0.05, 0.1) is 10.9 Å². The van der Waals surface area contributed by atoms with Gasteiger partial charge in [-0.25, -0.2) is 0 Å². The predicted octanol–water partition coefficient (Wildman–Crippen LogP) is 1.94. The highest BCUT2D eigenvalue weighted by Crippen LogP contribution is 2.46. The topological polar surface area (TPSA) is 49.8 Å². The molecule has 1 aromatic rings. The van der Waals surface area contributed by atoms with Crippen molar-refractivity contribution in [2.45, 2.75) is 44.4 Å². The molecule has 0 aliphatic carbocycles. The summed E-state index contributed by atoms with van der Waals surface area (Å²) in [5.74, 6) is 0.941. The Kier molecular flexibility index (Phi) is 2.64. The van der Waals surface area contributed by atoms with Gasteiger partial charge in [0, 0.05) is 13.0 Å². The Balaban J connectivity index is 2.04. The van der Waals surface area contributed by atoms with E-state index >= 15 is 0 Å². The molecule has 0 aromatic carbocycles. The molecule has 1 amide bonds. The van der Waals surface area contributed by atoms with E-state index in [0.717, 1.165) is 23.6 Å². The summed E-state index contributed by atoms with van der Waals surface area (Å²) in [6.07, 6.45) is 0.778. The lowest BCUT2D eigenvalue weighted by Gasteiger charge is -2.43. The van der Waals surface area contributed by atoms with Crippen molar-refractivity contribution < 1.29 is 14.6 Å². The fraction of sp³-hybridized carbons (Fsp3) is 0.615. The summed E-state index contributed by atoms with van der Waals surface area (Å²) in [4.78, 5) is 14.7. The lowest BCUT2D eigenvalue weighted by atomic mass is 9.90. The third-order valence-electron chi connectivity index (χ3n) is 3.76. The van der Waals surface area contributed by atoms with Crippen LogP contribution in [0.25, 0.3) is 0 Å². The lowest BCUT2D eigenvalue weighted by molar-refractivity contribution is -0.139. The number of nitrogens with zero attached hydrogens (tertiary/aromatic N) is 1. The van der Waals surface area contributed by atoms with Crippen molar-refractivity contribution in [3.63, 3.8) is 0 Å². The minimum Gasteiger partial charge on any atom is -0.484 e. The molecule has 1 N–H and O–H groups in total. The molecule has 4 nitrogen and oxygen atoms in total. The van der Waals surface area contributed by atoms with Crippen molar-refractivity contribution in [1.82, 2.24) is 4.90 Å². The van der Waals surface area contributed by atoms with Crippen LogP contribution in [0.3, 0.4) is 0 Å². The molecule has 5 heteroatoms. The number of aliphatic hydroxyl groups excluding tert-OH is 1. The minimum absolute atomic E-state index is 0.135. The maximum absolute atomic E-state index is 11.9. The molecule has 1 fully saturated rings. The number of hydrogen-bond acceptors (Lipinski definition) is 4. The number of likely N-dealkylation sites (tertiary alicyclic amines) is 1. The van der Waals surface area contributed by atoms with Crippen LogP contribution in [0.15, 0.2) is 11.4 Å². The first kappa shape index (κ1) is 12.0. The third-order valence-corrected chi connectivity index (χ3v) is 4.72. The van der Waals surface area contributed by atoms with Crippen LogP contribution in [0, 0.1) is 0 Å². The first-order chi connectivity index (χ1) is 8.50. The first-order valence-corrected chi connectivity index (χ1v) is 7.12. The van der Waals surface area contributed by atoms with Gasteiger partial charge in [0.15, 0.2) is 0 Å². The summed E-state index contributed by atoms with van der Waals surface area (Å²) < 4.78 is 5.82. The SMILES string of the molecule is CC1(C)Oc2ccsc2[C@H](N2CCCC2=O)[C@H]1O. The van der Waals surface area contributed by atoms with Crippen LogP contribution in [0.2, 0.25) is 0 Å². The largest absolute Gasteiger partial charge is 0.484 e. The standard InChI is InChI=1S/C13H17NO3S/c1-13(2)12(16)10(14-6-3-4-9(14)15)11-8(17-13)5-7-18-11/h5,7,10,12,16H,3-4,6H2,1-2H3/t10-,12+/m0/s1. The second-order valence-corrected chi connectivity index (χ2v) is 6.38. The molecule has 2 aliphatic heterocycles. The summed E-state index contributed by atoms with van der Waals surface area (Å²) >= 11 is 1.55. The van der Waals surface area contributed by atoms with E-state index in [1.165, 1.54) is 0 Å². The van der Waals surface area contributed by atoms with Crippen LogP contribution in [-0.2, 0) is 4.79 Å². The monoisotopic (exact) mass is 267 g/mol. The van der Waals surface area contributed by atoms with E-state index in [-0.39, 0.29) is 11.9 Å². The maximum atomic E-state index is 11.9. The zero-order chi connectivity index (χ0) is 12.9. The van der Waals surface area contributed by atoms with Crippen LogP contribution in [-0.4, -0.2) is 34.2 Å². The number of carbonyl (C=O) groups excluding carboxylic acids is 1. The number of fused-ring (bicyclic) bond motifs is 1. The Bertz CT molecular complexity index is 482. The number of aliphatic hydroxyl groups is 1. The third kappa shape index (κ3) is 1.65. The molecule has 0 bridgehead atoms.